The maximum absolute atomic E-state index is 12.4. The maximum atomic E-state index is 12.4. The predicted octanol–water partition coefficient (Wildman–Crippen LogP) is 1.15. The van der Waals surface area contributed by atoms with Crippen LogP contribution in [0.25, 0.3) is 0 Å². The second kappa shape index (κ2) is 9.42. The highest BCUT2D eigenvalue weighted by Crippen LogP contribution is 2.19. The van der Waals surface area contributed by atoms with E-state index in [1.54, 1.807) is 7.11 Å². The van der Waals surface area contributed by atoms with E-state index < -0.39 is 0 Å². The lowest BCUT2D eigenvalue weighted by Gasteiger charge is -2.31. The van der Waals surface area contributed by atoms with E-state index in [-0.39, 0.29) is 17.7 Å². The van der Waals surface area contributed by atoms with Crippen LogP contribution in [0.4, 0.5) is 0 Å². The first kappa shape index (κ1) is 19.2. The second-order valence-corrected chi connectivity index (χ2v) is 6.77. The van der Waals surface area contributed by atoms with Crippen molar-refractivity contribution in [2.45, 2.75) is 19.3 Å². The molecule has 0 aliphatic carbocycles. The summed E-state index contributed by atoms with van der Waals surface area (Å²) in [7, 11) is 5.60. The fourth-order valence-electron chi connectivity index (χ4n) is 2.97. The lowest BCUT2D eigenvalue weighted by atomic mass is 9.95. The number of amides is 2. The predicted molar refractivity (Wildman–Crippen MR) is 97.6 cm³/mol. The van der Waals surface area contributed by atoms with Crippen LogP contribution in [0.1, 0.15) is 18.4 Å². The maximum Gasteiger partial charge on any atom is 0.226 e. The topological polar surface area (TPSA) is 61.9 Å². The van der Waals surface area contributed by atoms with Crippen LogP contribution in [0, 0.1) is 5.92 Å². The molecule has 0 radical (unpaired) electrons. The van der Waals surface area contributed by atoms with Gasteiger partial charge in [0.1, 0.15) is 5.75 Å². The van der Waals surface area contributed by atoms with Gasteiger partial charge in [-0.3, -0.25) is 9.59 Å². The molecule has 1 aliphatic rings. The molecule has 0 saturated carbocycles. The van der Waals surface area contributed by atoms with E-state index in [0.29, 0.717) is 26.1 Å². The first-order valence-corrected chi connectivity index (χ1v) is 8.82. The number of nitrogens with one attached hydrogen (secondary N) is 1. The summed E-state index contributed by atoms with van der Waals surface area (Å²) in [6, 6.07) is 7.57. The van der Waals surface area contributed by atoms with Gasteiger partial charge in [-0.1, -0.05) is 12.1 Å². The summed E-state index contributed by atoms with van der Waals surface area (Å²) in [4.78, 5) is 28.5. The highest BCUT2D eigenvalue weighted by molar-refractivity contribution is 5.81. The van der Waals surface area contributed by atoms with Crippen molar-refractivity contribution in [1.82, 2.24) is 15.1 Å². The number of rotatable bonds is 7. The van der Waals surface area contributed by atoms with Crippen molar-refractivity contribution >= 4 is 11.8 Å². The van der Waals surface area contributed by atoms with Crippen LogP contribution in [-0.4, -0.2) is 69.0 Å². The number of piperidine rings is 1. The molecule has 0 unspecified atom stereocenters. The Bertz CT molecular complexity index is 564. The molecule has 1 aromatic carbocycles. The number of ether oxygens (including phenoxy) is 1. The van der Waals surface area contributed by atoms with Gasteiger partial charge in [0.15, 0.2) is 0 Å². The molecule has 1 heterocycles. The van der Waals surface area contributed by atoms with Crippen LogP contribution in [-0.2, 0) is 16.0 Å². The van der Waals surface area contributed by atoms with Crippen molar-refractivity contribution in [1.29, 1.82) is 0 Å². The highest BCUT2D eigenvalue weighted by atomic mass is 16.5. The lowest BCUT2D eigenvalue weighted by Crippen LogP contribution is -2.44. The van der Waals surface area contributed by atoms with Gasteiger partial charge in [-0.15, -0.1) is 0 Å². The Balaban J connectivity index is 1.74. The highest BCUT2D eigenvalue weighted by Gasteiger charge is 2.27. The number of nitrogens with zero attached hydrogens (tertiary/aromatic N) is 2. The molecule has 0 aromatic heterocycles. The van der Waals surface area contributed by atoms with Gasteiger partial charge in [0, 0.05) is 32.1 Å². The van der Waals surface area contributed by atoms with Gasteiger partial charge in [-0.25, -0.2) is 0 Å². The van der Waals surface area contributed by atoms with E-state index >= 15 is 0 Å². The van der Waals surface area contributed by atoms with Crippen molar-refractivity contribution < 1.29 is 14.3 Å². The Hall–Kier alpha value is -2.08. The van der Waals surface area contributed by atoms with E-state index in [4.69, 9.17) is 4.74 Å². The summed E-state index contributed by atoms with van der Waals surface area (Å²) >= 11 is 0. The van der Waals surface area contributed by atoms with Gasteiger partial charge >= 0.3 is 0 Å². The fraction of sp³-hybridized carbons (Fsp3) is 0.579. The fourth-order valence-corrected chi connectivity index (χ4v) is 2.97. The zero-order chi connectivity index (χ0) is 18.2. The zero-order valence-electron chi connectivity index (χ0n) is 15.5. The average molecular weight is 347 g/mol. The molecule has 2 rings (SSSR count). The third-order valence-electron chi connectivity index (χ3n) is 4.59. The van der Waals surface area contributed by atoms with E-state index in [1.165, 1.54) is 0 Å². The molecular weight excluding hydrogens is 318 g/mol. The first-order chi connectivity index (χ1) is 12.0. The van der Waals surface area contributed by atoms with Gasteiger partial charge < -0.3 is 19.9 Å². The van der Waals surface area contributed by atoms with Gasteiger partial charge in [0.05, 0.1) is 13.5 Å². The molecule has 1 saturated heterocycles. The molecule has 6 heteroatoms. The second-order valence-electron chi connectivity index (χ2n) is 6.77. The van der Waals surface area contributed by atoms with Crippen LogP contribution in [0.2, 0.25) is 0 Å². The normalized spacial score (nSPS) is 15.3. The minimum absolute atomic E-state index is 0.0206. The Labute approximate surface area is 150 Å². The third kappa shape index (κ3) is 6.05. The summed E-state index contributed by atoms with van der Waals surface area (Å²) < 4.78 is 5.13. The summed E-state index contributed by atoms with van der Waals surface area (Å²) in [6.45, 7) is 2.81. The van der Waals surface area contributed by atoms with Crippen LogP contribution < -0.4 is 10.1 Å². The van der Waals surface area contributed by atoms with Gasteiger partial charge in [0.2, 0.25) is 11.8 Å². The molecule has 0 spiro atoms. The Morgan fingerprint density at radius 3 is 2.40 bits per heavy atom. The molecule has 0 atom stereocenters. The number of likely N-dealkylation sites (tertiary alicyclic amines) is 1. The van der Waals surface area contributed by atoms with Gasteiger partial charge in [-0.05, 0) is 44.6 Å². The number of hydrogen-bond donors (Lipinski definition) is 1. The molecule has 25 heavy (non-hydrogen) atoms. The SMILES string of the molecule is COc1ccc(CC(=O)N2CCC(C(=O)NCCN(C)C)CC2)cc1. The quantitative estimate of drug-likeness (QED) is 0.804. The summed E-state index contributed by atoms with van der Waals surface area (Å²) in [5.41, 5.74) is 0.981. The molecule has 1 aromatic rings. The van der Waals surface area contributed by atoms with Crippen LogP contribution >= 0.6 is 0 Å². The smallest absolute Gasteiger partial charge is 0.226 e. The van der Waals surface area contributed by atoms with Crippen LogP contribution in [0.15, 0.2) is 24.3 Å². The number of benzene rings is 1. The van der Waals surface area contributed by atoms with E-state index in [2.05, 4.69) is 5.32 Å². The molecule has 1 aliphatic heterocycles. The Kier molecular flexibility index (Phi) is 7.25. The molecule has 0 bridgehead atoms. The third-order valence-corrected chi connectivity index (χ3v) is 4.59. The van der Waals surface area contributed by atoms with Crippen molar-refractivity contribution in [3.63, 3.8) is 0 Å². The van der Waals surface area contributed by atoms with Crippen molar-refractivity contribution in [2.75, 3.05) is 47.4 Å². The number of likely N-dealkylation sites (N-methyl/N-ethyl adjacent to an activating group) is 1. The number of carbonyl (C=O) groups excluding carboxylic acids is 2. The molecule has 138 valence electrons. The summed E-state index contributed by atoms with van der Waals surface area (Å²) in [6.07, 6.45) is 1.87. The van der Waals surface area contributed by atoms with E-state index in [0.717, 1.165) is 30.7 Å². The minimum Gasteiger partial charge on any atom is -0.497 e. The van der Waals surface area contributed by atoms with Gasteiger partial charge in [0.25, 0.3) is 0 Å². The Morgan fingerprint density at radius 1 is 1.20 bits per heavy atom. The van der Waals surface area contributed by atoms with Crippen LogP contribution in [0.3, 0.4) is 0 Å². The lowest BCUT2D eigenvalue weighted by molar-refractivity contribution is -0.135. The molecular formula is C19H29N3O3. The summed E-state index contributed by atoms with van der Waals surface area (Å²) in [5, 5.41) is 2.98. The van der Waals surface area contributed by atoms with Crippen molar-refractivity contribution in [3.05, 3.63) is 29.8 Å². The standard InChI is InChI=1S/C19H29N3O3/c1-21(2)13-10-20-19(24)16-8-11-22(12-9-16)18(23)14-15-4-6-17(25-3)7-5-15/h4-7,16H,8-14H2,1-3H3,(H,20,24). The van der Waals surface area contributed by atoms with Crippen LogP contribution in [0.5, 0.6) is 5.75 Å². The number of hydrogen-bond acceptors (Lipinski definition) is 4. The molecule has 1 N–H and O–H groups in total. The first-order valence-electron chi connectivity index (χ1n) is 8.82. The van der Waals surface area contributed by atoms with E-state index in [1.807, 2.05) is 48.2 Å². The zero-order valence-corrected chi connectivity index (χ0v) is 15.5. The van der Waals surface area contributed by atoms with Crippen molar-refractivity contribution in [2.24, 2.45) is 5.92 Å². The number of carbonyl (C=O) groups is 2. The monoisotopic (exact) mass is 347 g/mol. The Morgan fingerprint density at radius 2 is 1.84 bits per heavy atom. The molecule has 2 amide bonds. The minimum atomic E-state index is 0.0206. The van der Waals surface area contributed by atoms with E-state index in [9.17, 15) is 9.59 Å². The van der Waals surface area contributed by atoms with Gasteiger partial charge in [-0.2, -0.15) is 0 Å². The molecule has 6 nitrogen and oxygen atoms in total. The largest absolute Gasteiger partial charge is 0.497 e. The average Bonchev–Trinajstić information content (AvgIpc) is 2.62. The molecule has 1 fully saturated rings. The van der Waals surface area contributed by atoms with Crippen molar-refractivity contribution in [3.8, 4) is 5.75 Å². The summed E-state index contributed by atoms with van der Waals surface area (Å²) in [5.74, 6) is 1.05. The number of methoxy groups -OCH3 is 1.